The molecule has 0 fully saturated rings. The summed E-state index contributed by atoms with van der Waals surface area (Å²) in [7, 11) is -3.11. The third-order valence-electron chi connectivity index (χ3n) is 2.41. The second-order valence-corrected chi connectivity index (χ2v) is 6.42. The van der Waals surface area contributed by atoms with Gasteiger partial charge in [0.1, 0.15) is 5.82 Å². The summed E-state index contributed by atoms with van der Waals surface area (Å²) in [5, 5.41) is 6.31. The van der Waals surface area contributed by atoms with Crippen LogP contribution in [-0.4, -0.2) is 44.3 Å². The lowest BCUT2D eigenvalue weighted by molar-refractivity contribution is 0.586. The van der Waals surface area contributed by atoms with Crippen LogP contribution in [0.3, 0.4) is 0 Å². The smallest absolute Gasteiger partial charge is 0.224 e. The van der Waals surface area contributed by atoms with Crippen LogP contribution in [0.5, 0.6) is 0 Å². The van der Waals surface area contributed by atoms with E-state index in [1.54, 1.807) is 0 Å². The number of aryl methyl sites for hydroxylation is 1. The highest BCUT2D eigenvalue weighted by Crippen LogP contribution is 2.09. The van der Waals surface area contributed by atoms with E-state index in [-0.39, 0.29) is 0 Å². The van der Waals surface area contributed by atoms with Gasteiger partial charge in [0, 0.05) is 31.4 Å². The summed E-state index contributed by atoms with van der Waals surface area (Å²) >= 11 is 0. The Kier molecular flexibility index (Phi) is 6.66. The van der Waals surface area contributed by atoms with E-state index in [1.807, 2.05) is 13.0 Å². The van der Waals surface area contributed by atoms with Crippen LogP contribution in [0.2, 0.25) is 0 Å². The number of rotatable bonds is 9. The summed E-state index contributed by atoms with van der Waals surface area (Å²) < 4.78 is 24.2. The summed E-state index contributed by atoms with van der Waals surface area (Å²) in [6, 6.07) is 1.86. The Bertz CT molecular complexity index is 519. The lowest BCUT2D eigenvalue weighted by Crippen LogP contribution is -2.24. The zero-order valence-electron chi connectivity index (χ0n) is 12.2. The zero-order chi connectivity index (χ0) is 15.0. The molecule has 3 N–H and O–H groups in total. The molecule has 0 aliphatic heterocycles. The maximum atomic E-state index is 10.9. The first-order valence-corrected chi connectivity index (χ1v) is 8.58. The molecular weight excluding hydrogens is 278 g/mol. The minimum atomic E-state index is -3.11. The van der Waals surface area contributed by atoms with Gasteiger partial charge in [0.2, 0.25) is 16.0 Å². The van der Waals surface area contributed by atoms with Crippen LogP contribution in [0, 0.1) is 6.92 Å². The predicted molar refractivity (Wildman–Crippen MR) is 81.5 cm³/mol. The van der Waals surface area contributed by atoms with Gasteiger partial charge in [0.25, 0.3) is 0 Å². The van der Waals surface area contributed by atoms with Crippen LogP contribution < -0.4 is 15.4 Å². The van der Waals surface area contributed by atoms with Crippen LogP contribution in [0.4, 0.5) is 11.8 Å². The van der Waals surface area contributed by atoms with Crippen molar-refractivity contribution in [1.29, 1.82) is 0 Å². The Hall–Kier alpha value is -1.41. The molecular formula is C12H23N5O2S. The molecule has 0 spiro atoms. The van der Waals surface area contributed by atoms with E-state index in [2.05, 4.69) is 32.2 Å². The van der Waals surface area contributed by atoms with Gasteiger partial charge in [0.05, 0.1) is 6.26 Å². The summed E-state index contributed by atoms with van der Waals surface area (Å²) in [4.78, 5) is 8.64. The Balaban J connectivity index is 2.41. The van der Waals surface area contributed by atoms with Crippen molar-refractivity contribution in [3.63, 3.8) is 0 Å². The largest absolute Gasteiger partial charge is 0.370 e. The summed E-state index contributed by atoms with van der Waals surface area (Å²) in [6.45, 7) is 5.89. The highest BCUT2D eigenvalue weighted by atomic mass is 32.2. The van der Waals surface area contributed by atoms with Gasteiger partial charge in [0.15, 0.2) is 0 Å². The molecule has 1 aromatic rings. The minimum absolute atomic E-state index is 0.414. The number of hydrogen-bond donors (Lipinski definition) is 3. The van der Waals surface area contributed by atoms with Crippen LogP contribution in [0.25, 0.3) is 0 Å². The molecule has 0 aliphatic carbocycles. The minimum Gasteiger partial charge on any atom is -0.370 e. The summed E-state index contributed by atoms with van der Waals surface area (Å²) in [5.74, 6) is 1.36. The van der Waals surface area contributed by atoms with Crippen molar-refractivity contribution in [3.8, 4) is 0 Å². The molecule has 0 radical (unpaired) electrons. The molecule has 0 saturated heterocycles. The zero-order valence-corrected chi connectivity index (χ0v) is 13.0. The second-order valence-electron chi connectivity index (χ2n) is 4.59. The number of hydrogen-bond acceptors (Lipinski definition) is 6. The summed E-state index contributed by atoms with van der Waals surface area (Å²) in [6.07, 6.45) is 2.85. The molecule has 0 saturated carbocycles. The van der Waals surface area contributed by atoms with Crippen LogP contribution in [-0.2, 0) is 10.0 Å². The van der Waals surface area contributed by atoms with Gasteiger partial charge in [-0.1, -0.05) is 6.92 Å². The molecule has 0 atom stereocenters. The fraction of sp³-hybridized carbons (Fsp3) is 0.667. The fourth-order valence-electron chi connectivity index (χ4n) is 1.54. The number of sulfonamides is 1. The third kappa shape index (κ3) is 7.25. The molecule has 0 amide bonds. The topological polar surface area (TPSA) is 96.0 Å². The van der Waals surface area contributed by atoms with E-state index in [4.69, 9.17) is 0 Å². The van der Waals surface area contributed by atoms with Crippen molar-refractivity contribution in [2.75, 3.05) is 36.5 Å². The van der Waals surface area contributed by atoms with Crippen LogP contribution >= 0.6 is 0 Å². The van der Waals surface area contributed by atoms with Crippen molar-refractivity contribution in [2.24, 2.45) is 0 Å². The molecule has 1 aromatic heterocycles. The van der Waals surface area contributed by atoms with Gasteiger partial charge >= 0.3 is 0 Å². The molecule has 0 aromatic carbocycles. The van der Waals surface area contributed by atoms with Gasteiger partial charge in [-0.3, -0.25) is 0 Å². The maximum Gasteiger partial charge on any atom is 0.224 e. The normalized spacial score (nSPS) is 11.3. The lowest BCUT2D eigenvalue weighted by atomic mass is 10.4. The lowest BCUT2D eigenvalue weighted by Gasteiger charge is -2.09. The van der Waals surface area contributed by atoms with E-state index in [9.17, 15) is 8.42 Å². The van der Waals surface area contributed by atoms with Crippen molar-refractivity contribution >= 4 is 21.8 Å². The SMILES string of the molecule is CCCNc1nc(C)cc(NCCCNS(C)(=O)=O)n1. The first-order chi connectivity index (χ1) is 9.40. The Labute approximate surface area is 120 Å². The van der Waals surface area contributed by atoms with Crippen LogP contribution in [0.15, 0.2) is 6.07 Å². The number of nitrogens with zero attached hydrogens (tertiary/aromatic N) is 2. The van der Waals surface area contributed by atoms with Crippen molar-refractivity contribution < 1.29 is 8.42 Å². The molecule has 20 heavy (non-hydrogen) atoms. The Morgan fingerprint density at radius 3 is 2.55 bits per heavy atom. The van der Waals surface area contributed by atoms with E-state index in [0.717, 1.165) is 30.7 Å². The second kappa shape index (κ2) is 8.01. The average Bonchev–Trinajstić information content (AvgIpc) is 2.34. The van der Waals surface area contributed by atoms with Crippen LogP contribution in [0.1, 0.15) is 25.5 Å². The number of aromatic nitrogens is 2. The number of anilines is 2. The van der Waals surface area contributed by atoms with Crippen molar-refractivity contribution in [3.05, 3.63) is 11.8 Å². The molecule has 1 rings (SSSR count). The van der Waals surface area contributed by atoms with Gasteiger partial charge in [-0.25, -0.2) is 18.1 Å². The van der Waals surface area contributed by atoms with Gasteiger partial charge in [-0.05, 0) is 19.8 Å². The molecule has 0 aliphatic rings. The van der Waals surface area contributed by atoms with Crippen molar-refractivity contribution in [2.45, 2.75) is 26.7 Å². The highest BCUT2D eigenvalue weighted by molar-refractivity contribution is 7.88. The fourth-order valence-corrected chi connectivity index (χ4v) is 2.05. The van der Waals surface area contributed by atoms with Gasteiger partial charge in [-0.15, -0.1) is 0 Å². The maximum absolute atomic E-state index is 10.9. The first kappa shape index (κ1) is 16.6. The van der Waals surface area contributed by atoms with E-state index >= 15 is 0 Å². The average molecular weight is 301 g/mol. The van der Waals surface area contributed by atoms with Crippen molar-refractivity contribution in [1.82, 2.24) is 14.7 Å². The standard InChI is InChI=1S/C12H23N5O2S/c1-4-6-14-12-16-10(2)9-11(17-12)13-7-5-8-15-20(3,18)19/h9,15H,4-8H2,1-3H3,(H2,13,14,16,17). The Morgan fingerprint density at radius 2 is 1.90 bits per heavy atom. The van der Waals surface area contributed by atoms with Gasteiger partial charge in [-0.2, -0.15) is 4.98 Å². The number of nitrogens with one attached hydrogen (secondary N) is 3. The first-order valence-electron chi connectivity index (χ1n) is 6.69. The third-order valence-corrected chi connectivity index (χ3v) is 3.14. The molecule has 8 heteroatoms. The quantitative estimate of drug-likeness (QED) is 0.588. The Morgan fingerprint density at radius 1 is 1.15 bits per heavy atom. The van der Waals surface area contributed by atoms with Gasteiger partial charge < -0.3 is 10.6 Å². The van der Waals surface area contributed by atoms with E-state index in [0.29, 0.717) is 25.5 Å². The molecule has 114 valence electrons. The monoisotopic (exact) mass is 301 g/mol. The summed E-state index contributed by atoms with van der Waals surface area (Å²) in [5.41, 5.74) is 0.885. The predicted octanol–water partition coefficient (Wildman–Crippen LogP) is 0.958. The molecule has 0 unspecified atom stereocenters. The van der Waals surface area contributed by atoms with E-state index in [1.165, 1.54) is 0 Å². The molecule has 7 nitrogen and oxygen atoms in total. The highest BCUT2D eigenvalue weighted by Gasteiger charge is 2.02. The molecule has 0 bridgehead atoms. The molecule has 1 heterocycles. The van der Waals surface area contributed by atoms with E-state index < -0.39 is 10.0 Å².